The minimum absolute atomic E-state index is 0.0147. The van der Waals surface area contributed by atoms with Gasteiger partial charge in [-0.2, -0.15) is 0 Å². The molecule has 2 aliphatic rings. The molecule has 9 heteroatoms. The molecule has 0 bridgehead atoms. The molecule has 2 fully saturated rings. The molecule has 6 nitrogen and oxygen atoms in total. The van der Waals surface area contributed by atoms with Crippen molar-refractivity contribution in [3.8, 4) is 5.75 Å². The Balaban J connectivity index is 1.57. The first kappa shape index (κ1) is 22.8. The predicted molar refractivity (Wildman–Crippen MR) is 109 cm³/mol. The molecule has 0 N–H and O–H groups in total. The number of hydrogen-bond acceptors (Lipinski definition) is 5. The second-order valence-electron chi connectivity index (χ2n) is 9.96. The van der Waals surface area contributed by atoms with Gasteiger partial charge in [-0.1, -0.05) is 0 Å². The summed E-state index contributed by atoms with van der Waals surface area (Å²) in [5.41, 5.74) is -1.52. The van der Waals surface area contributed by atoms with E-state index in [9.17, 15) is 13.6 Å². The quantitative estimate of drug-likeness (QED) is 0.692. The van der Waals surface area contributed by atoms with Gasteiger partial charge in [0.15, 0.2) is 17.4 Å². The van der Waals surface area contributed by atoms with Crippen LogP contribution in [0.1, 0.15) is 48.5 Å². The summed E-state index contributed by atoms with van der Waals surface area (Å²) in [6.45, 7) is 13.8. The predicted octanol–water partition coefficient (Wildman–Crippen LogP) is 3.51. The summed E-state index contributed by atoms with van der Waals surface area (Å²) in [5, 5.41) is 0. The molecule has 0 saturated carbocycles. The molecular formula is C21H30BF2NO5. The molecule has 2 saturated heterocycles. The van der Waals surface area contributed by atoms with Crippen molar-refractivity contribution in [2.24, 2.45) is 5.92 Å². The van der Waals surface area contributed by atoms with Crippen LogP contribution in [-0.2, 0) is 14.0 Å². The van der Waals surface area contributed by atoms with Crippen molar-refractivity contribution in [1.82, 2.24) is 4.90 Å². The van der Waals surface area contributed by atoms with Crippen LogP contribution in [0.15, 0.2) is 12.1 Å². The van der Waals surface area contributed by atoms with Gasteiger partial charge < -0.3 is 23.7 Å². The number of amides is 1. The van der Waals surface area contributed by atoms with Gasteiger partial charge in [0.05, 0.1) is 17.8 Å². The molecular weight excluding hydrogens is 395 g/mol. The summed E-state index contributed by atoms with van der Waals surface area (Å²) in [4.78, 5) is 13.5. The van der Waals surface area contributed by atoms with E-state index < -0.39 is 47.4 Å². The van der Waals surface area contributed by atoms with Gasteiger partial charge in [0.2, 0.25) is 0 Å². The fourth-order valence-electron chi connectivity index (χ4n) is 3.18. The van der Waals surface area contributed by atoms with Crippen LogP contribution in [-0.4, -0.2) is 54.6 Å². The Labute approximate surface area is 176 Å². The van der Waals surface area contributed by atoms with Crippen molar-refractivity contribution in [2.45, 2.75) is 65.3 Å². The van der Waals surface area contributed by atoms with Crippen molar-refractivity contribution in [1.29, 1.82) is 0 Å². The Morgan fingerprint density at radius 1 is 1.13 bits per heavy atom. The highest BCUT2D eigenvalue weighted by molar-refractivity contribution is 6.62. The standard InChI is InChI=1S/C21H30BF2NO5/c1-19(2,3)28-18(26)25-10-13(11-25)12-27-17-15(23)8-14(9-16(17)24)22-29-20(4,5)21(6,7)30-22/h8-9,13H,10-12H2,1-7H3. The van der Waals surface area contributed by atoms with Crippen LogP contribution in [0.2, 0.25) is 0 Å². The second-order valence-corrected chi connectivity index (χ2v) is 9.96. The fourth-order valence-corrected chi connectivity index (χ4v) is 3.18. The molecule has 1 amide bonds. The van der Waals surface area contributed by atoms with E-state index in [1.54, 1.807) is 20.8 Å². The molecule has 1 aromatic rings. The molecule has 3 rings (SSSR count). The minimum Gasteiger partial charge on any atom is -0.487 e. The van der Waals surface area contributed by atoms with E-state index in [1.165, 1.54) is 17.0 Å². The second kappa shape index (κ2) is 7.68. The Kier molecular flexibility index (Phi) is 5.84. The van der Waals surface area contributed by atoms with E-state index in [1.807, 2.05) is 27.7 Å². The number of nitrogens with zero attached hydrogens (tertiary/aromatic N) is 1. The molecule has 0 unspecified atom stereocenters. The van der Waals surface area contributed by atoms with Crippen LogP contribution in [0.4, 0.5) is 13.6 Å². The van der Waals surface area contributed by atoms with E-state index in [-0.39, 0.29) is 18.0 Å². The number of halogens is 2. The molecule has 2 aliphatic heterocycles. The van der Waals surface area contributed by atoms with Gasteiger partial charge in [0, 0.05) is 19.0 Å². The van der Waals surface area contributed by atoms with E-state index >= 15 is 0 Å². The zero-order valence-electron chi connectivity index (χ0n) is 18.7. The first-order chi connectivity index (χ1) is 13.7. The Morgan fingerprint density at radius 3 is 2.10 bits per heavy atom. The smallest absolute Gasteiger partial charge is 0.487 e. The van der Waals surface area contributed by atoms with Crippen molar-refractivity contribution >= 4 is 18.7 Å². The lowest BCUT2D eigenvalue weighted by molar-refractivity contribution is -0.00831. The van der Waals surface area contributed by atoms with Crippen molar-refractivity contribution < 1.29 is 32.4 Å². The molecule has 0 atom stereocenters. The zero-order chi connectivity index (χ0) is 22.5. The molecule has 2 heterocycles. The Morgan fingerprint density at radius 2 is 1.63 bits per heavy atom. The first-order valence-electron chi connectivity index (χ1n) is 10.1. The number of ether oxygens (including phenoxy) is 2. The molecule has 0 spiro atoms. The van der Waals surface area contributed by atoms with E-state index in [0.29, 0.717) is 13.1 Å². The van der Waals surface area contributed by atoms with E-state index in [0.717, 1.165) is 0 Å². The molecule has 30 heavy (non-hydrogen) atoms. The summed E-state index contributed by atoms with van der Waals surface area (Å²) in [6.07, 6.45) is -0.400. The first-order valence-corrected chi connectivity index (χ1v) is 10.1. The molecule has 0 aliphatic carbocycles. The lowest BCUT2D eigenvalue weighted by Gasteiger charge is -2.39. The van der Waals surface area contributed by atoms with E-state index in [2.05, 4.69) is 0 Å². The summed E-state index contributed by atoms with van der Waals surface area (Å²) in [5.74, 6) is -2.09. The van der Waals surface area contributed by atoms with Gasteiger partial charge in [0.25, 0.3) is 0 Å². The largest absolute Gasteiger partial charge is 0.495 e. The minimum atomic E-state index is -0.859. The average Bonchev–Trinajstić information content (AvgIpc) is 2.74. The number of hydrogen-bond donors (Lipinski definition) is 0. The van der Waals surface area contributed by atoms with Crippen LogP contribution in [0.25, 0.3) is 0 Å². The molecule has 0 aromatic heterocycles. The van der Waals surface area contributed by atoms with Crippen LogP contribution in [0.5, 0.6) is 5.75 Å². The topological polar surface area (TPSA) is 57.2 Å². The van der Waals surface area contributed by atoms with Crippen molar-refractivity contribution in [2.75, 3.05) is 19.7 Å². The maximum Gasteiger partial charge on any atom is 0.495 e. The number of rotatable bonds is 4. The summed E-state index contributed by atoms with van der Waals surface area (Å²) in [7, 11) is -0.859. The van der Waals surface area contributed by atoms with Crippen molar-refractivity contribution in [3.63, 3.8) is 0 Å². The Hall–Kier alpha value is -1.87. The van der Waals surface area contributed by atoms with E-state index in [4.69, 9.17) is 18.8 Å². The molecule has 0 radical (unpaired) electrons. The normalized spacial score (nSPS) is 20.8. The van der Waals surface area contributed by atoms with Crippen LogP contribution < -0.4 is 10.2 Å². The Bertz CT molecular complexity index is 779. The number of carbonyl (C=O) groups is 1. The number of benzene rings is 1. The van der Waals surface area contributed by atoms with Gasteiger partial charge in [-0.15, -0.1) is 0 Å². The lowest BCUT2D eigenvalue weighted by atomic mass is 9.79. The SMILES string of the molecule is CC(C)(C)OC(=O)N1CC(COc2c(F)cc(B3OC(C)(C)C(C)(C)O3)cc2F)C1. The van der Waals surface area contributed by atoms with Crippen LogP contribution in [0.3, 0.4) is 0 Å². The highest BCUT2D eigenvalue weighted by Gasteiger charge is 2.52. The lowest BCUT2D eigenvalue weighted by Crippen LogP contribution is -2.53. The van der Waals surface area contributed by atoms with Gasteiger partial charge in [-0.25, -0.2) is 13.6 Å². The number of likely N-dealkylation sites (tertiary alicyclic amines) is 1. The van der Waals surface area contributed by atoms with Gasteiger partial charge in [-0.05, 0) is 66.1 Å². The summed E-state index contributed by atoms with van der Waals surface area (Å²) in [6, 6.07) is 2.35. The highest BCUT2D eigenvalue weighted by Crippen LogP contribution is 2.37. The van der Waals surface area contributed by atoms with Gasteiger partial charge in [-0.3, -0.25) is 0 Å². The third-order valence-electron chi connectivity index (χ3n) is 5.62. The average molecular weight is 425 g/mol. The fraction of sp³-hybridized carbons (Fsp3) is 0.667. The summed E-state index contributed by atoms with van der Waals surface area (Å²) >= 11 is 0. The third kappa shape index (κ3) is 4.72. The maximum atomic E-state index is 14.6. The molecule has 1 aromatic carbocycles. The van der Waals surface area contributed by atoms with Crippen LogP contribution >= 0.6 is 0 Å². The van der Waals surface area contributed by atoms with Crippen molar-refractivity contribution in [3.05, 3.63) is 23.8 Å². The maximum absolute atomic E-state index is 14.6. The summed E-state index contributed by atoms with van der Waals surface area (Å²) < 4.78 is 51.5. The monoisotopic (exact) mass is 425 g/mol. The van der Waals surface area contributed by atoms with Crippen LogP contribution in [0, 0.1) is 17.6 Å². The van der Waals surface area contributed by atoms with Gasteiger partial charge in [0.1, 0.15) is 5.60 Å². The molecule has 166 valence electrons. The zero-order valence-corrected chi connectivity index (χ0v) is 18.7. The highest BCUT2D eigenvalue weighted by atomic mass is 19.1. The number of carbonyl (C=O) groups excluding carboxylic acids is 1. The third-order valence-corrected chi connectivity index (χ3v) is 5.62. The van der Waals surface area contributed by atoms with Gasteiger partial charge >= 0.3 is 13.2 Å².